The molecule has 0 saturated heterocycles. The molecule has 2 rings (SSSR count). The van der Waals surface area contributed by atoms with Crippen LogP contribution >= 0.6 is 15.9 Å². The second kappa shape index (κ2) is 5.86. The summed E-state index contributed by atoms with van der Waals surface area (Å²) < 4.78 is 0. The average Bonchev–Trinajstić information content (AvgIpc) is 2.96. The van der Waals surface area contributed by atoms with Crippen LogP contribution in [0.1, 0.15) is 51.9 Å². The van der Waals surface area contributed by atoms with Crippen LogP contribution in [0.5, 0.6) is 0 Å². The van der Waals surface area contributed by atoms with Crippen molar-refractivity contribution in [2.24, 2.45) is 11.3 Å². The average molecular weight is 288 g/mol. The third-order valence-corrected chi connectivity index (χ3v) is 5.45. The topological polar surface area (TPSA) is 3.24 Å². The minimum absolute atomic E-state index is 0.615. The van der Waals surface area contributed by atoms with Crippen molar-refractivity contribution in [2.45, 2.75) is 51.9 Å². The molecule has 2 aliphatic carbocycles. The van der Waals surface area contributed by atoms with Crippen LogP contribution in [-0.4, -0.2) is 29.9 Å². The normalized spacial score (nSPS) is 24.2. The highest BCUT2D eigenvalue weighted by Crippen LogP contribution is 2.41. The number of hydrogen-bond acceptors (Lipinski definition) is 1. The van der Waals surface area contributed by atoms with Gasteiger partial charge in [-0.05, 0) is 50.0 Å². The van der Waals surface area contributed by atoms with E-state index in [9.17, 15) is 0 Å². The number of halogens is 1. The van der Waals surface area contributed by atoms with Crippen LogP contribution in [0.3, 0.4) is 0 Å². The summed E-state index contributed by atoms with van der Waals surface area (Å²) in [4.78, 5) is 2.75. The molecule has 0 atom stereocenters. The molecule has 2 heteroatoms. The molecular formula is C14H26BrN. The SMILES string of the molecule is CCCN(CC1CC1)CC1(CBr)CCCC1. The van der Waals surface area contributed by atoms with Crippen molar-refractivity contribution in [2.75, 3.05) is 25.0 Å². The van der Waals surface area contributed by atoms with Gasteiger partial charge in [0.05, 0.1) is 0 Å². The van der Waals surface area contributed by atoms with Gasteiger partial charge in [0.15, 0.2) is 0 Å². The number of nitrogens with zero attached hydrogens (tertiary/aromatic N) is 1. The summed E-state index contributed by atoms with van der Waals surface area (Å²) in [5, 5.41) is 1.21. The van der Waals surface area contributed by atoms with E-state index in [0.29, 0.717) is 5.41 Å². The maximum Gasteiger partial charge on any atom is 0.0100 e. The second-order valence-electron chi connectivity index (χ2n) is 6.02. The first kappa shape index (κ1) is 12.9. The van der Waals surface area contributed by atoms with E-state index < -0.39 is 0 Å². The van der Waals surface area contributed by atoms with Crippen LogP contribution in [0.25, 0.3) is 0 Å². The van der Waals surface area contributed by atoms with E-state index >= 15 is 0 Å². The Balaban J connectivity index is 1.86. The van der Waals surface area contributed by atoms with Crippen molar-refractivity contribution in [3.8, 4) is 0 Å². The fourth-order valence-corrected chi connectivity index (χ4v) is 3.89. The van der Waals surface area contributed by atoms with Crippen molar-refractivity contribution in [3.05, 3.63) is 0 Å². The summed E-state index contributed by atoms with van der Waals surface area (Å²) in [6.45, 7) is 6.35. The minimum Gasteiger partial charge on any atom is -0.302 e. The summed E-state index contributed by atoms with van der Waals surface area (Å²) >= 11 is 3.77. The molecule has 0 radical (unpaired) electrons. The van der Waals surface area contributed by atoms with Gasteiger partial charge in [-0.15, -0.1) is 0 Å². The summed E-state index contributed by atoms with van der Waals surface area (Å²) in [6, 6.07) is 0. The molecule has 0 aromatic rings. The van der Waals surface area contributed by atoms with Crippen LogP contribution in [0.15, 0.2) is 0 Å². The fourth-order valence-electron chi connectivity index (χ4n) is 3.15. The Morgan fingerprint density at radius 1 is 1.25 bits per heavy atom. The summed E-state index contributed by atoms with van der Waals surface area (Å²) in [5.41, 5.74) is 0.615. The van der Waals surface area contributed by atoms with Gasteiger partial charge >= 0.3 is 0 Å². The van der Waals surface area contributed by atoms with Crippen molar-refractivity contribution < 1.29 is 0 Å². The highest BCUT2D eigenvalue weighted by atomic mass is 79.9. The van der Waals surface area contributed by atoms with Crippen molar-refractivity contribution in [1.82, 2.24) is 4.90 Å². The first-order chi connectivity index (χ1) is 7.78. The van der Waals surface area contributed by atoms with Gasteiger partial charge in [0.25, 0.3) is 0 Å². The molecule has 2 saturated carbocycles. The first-order valence-electron chi connectivity index (χ1n) is 7.06. The highest BCUT2D eigenvalue weighted by Gasteiger charge is 2.35. The molecule has 2 aliphatic rings. The van der Waals surface area contributed by atoms with E-state index in [1.165, 1.54) is 69.9 Å². The zero-order valence-corrected chi connectivity index (χ0v) is 12.3. The molecule has 0 aromatic heterocycles. The van der Waals surface area contributed by atoms with Gasteiger partial charge < -0.3 is 4.90 Å². The lowest BCUT2D eigenvalue weighted by molar-refractivity contribution is 0.166. The molecule has 0 spiro atoms. The third kappa shape index (κ3) is 3.46. The molecular weight excluding hydrogens is 262 g/mol. The van der Waals surface area contributed by atoms with Gasteiger partial charge in [-0.1, -0.05) is 35.7 Å². The second-order valence-corrected chi connectivity index (χ2v) is 6.58. The van der Waals surface area contributed by atoms with Gasteiger partial charge in [0.2, 0.25) is 0 Å². The van der Waals surface area contributed by atoms with E-state index in [4.69, 9.17) is 0 Å². The molecule has 0 aromatic carbocycles. The van der Waals surface area contributed by atoms with Gasteiger partial charge in [0, 0.05) is 18.4 Å². The van der Waals surface area contributed by atoms with Gasteiger partial charge in [-0.25, -0.2) is 0 Å². The molecule has 0 N–H and O–H groups in total. The summed E-state index contributed by atoms with van der Waals surface area (Å²) in [6.07, 6.45) is 10.1. The summed E-state index contributed by atoms with van der Waals surface area (Å²) in [7, 11) is 0. The van der Waals surface area contributed by atoms with Crippen LogP contribution in [-0.2, 0) is 0 Å². The minimum atomic E-state index is 0.615. The number of rotatable bonds is 7. The quantitative estimate of drug-likeness (QED) is 0.638. The molecule has 16 heavy (non-hydrogen) atoms. The zero-order chi connectivity index (χ0) is 11.4. The molecule has 0 heterocycles. The van der Waals surface area contributed by atoms with Crippen molar-refractivity contribution >= 4 is 15.9 Å². The van der Waals surface area contributed by atoms with Crippen LogP contribution in [0.2, 0.25) is 0 Å². The standard InChI is InChI=1S/C14H26BrN/c1-2-9-16(10-13-5-6-13)12-14(11-15)7-3-4-8-14/h13H,2-12H2,1H3. The van der Waals surface area contributed by atoms with E-state index in [-0.39, 0.29) is 0 Å². The largest absolute Gasteiger partial charge is 0.302 e. The Morgan fingerprint density at radius 2 is 1.94 bits per heavy atom. The van der Waals surface area contributed by atoms with E-state index in [1.807, 2.05) is 0 Å². The third-order valence-electron chi connectivity index (χ3n) is 4.26. The zero-order valence-electron chi connectivity index (χ0n) is 10.7. The van der Waals surface area contributed by atoms with Gasteiger partial charge in [-0.2, -0.15) is 0 Å². The van der Waals surface area contributed by atoms with Crippen LogP contribution < -0.4 is 0 Å². The fraction of sp³-hybridized carbons (Fsp3) is 1.00. The molecule has 0 bridgehead atoms. The Labute approximate surface area is 109 Å². The lowest BCUT2D eigenvalue weighted by Gasteiger charge is -2.34. The Kier molecular flexibility index (Phi) is 4.72. The molecule has 1 nitrogen and oxygen atoms in total. The van der Waals surface area contributed by atoms with E-state index in [0.717, 1.165) is 5.92 Å². The molecule has 0 unspecified atom stereocenters. The maximum absolute atomic E-state index is 3.77. The Morgan fingerprint density at radius 3 is 2.44 bits per heavy atom. The molecule has 0 aliphatic heterocycles. The van der Waals surface area contributed by atoms with E-state index in [1.54, 1.807) is 0 Å². The van der Waals surface area contributed by atoms with Gasteiger partial charge in [0.1, 0.15) is 0 Å². The lowest BCUT2D eigenvalue weighted by Crippen LogP contribution is -2.39. The first-order valence-corrected chi connectivity index (χ1v) is 8.18. The Bertz CT molecular complexity index is 207. The molecule has 0 amide bonds. The maximum atomic E-state index is 3.77. The smallest absolute Gasteiger partial charge is 0.0100 e. The molecule has 94 valence electrons. The van der Waals surface area contributed by atoms with Crippen molar-refractivity contribution in [3.63, 3.8) is 0 Å². The van der Waals surface area contributed by atoms with Gasteiger partial charge in [-0.3, -0.25) is 0 Å². The lowest BCUT2D eigenvalue weighted by atomic mass is 9.88. The van der Waals surface area contributed by atoms with Crippen molar-refractivity contribution in [1.29, 1.82) is 0 Å². The number of alkyl halides is 1. The molecule has 2 fully saturated rings. The van der Waals surface area contributed by atoms with Crippen LogP contribution in [0, 0.1) is 11.3 Å². The predicted molar refractivity (Wildman–Crippen MR) is 74.2 cm³/mol. The predicted octanol–water partition coefficient (Wildman–Crippen LogP) is 4.06. The number of hydrogen-bond donors (Lipinski definition) is 0. The highest BCUT2D eigenvalue weighted by molar-refractivity contribution is 9.09. The Hall–Kier alpha value is 0.440. The monoisotopic (exact) mass is 287 g/mol. The van der Waals surface area contributed by atoms with Crippen LogP contribution in [0.4, 0.5) is 0 Å². The van der Waals surface area contributed by atoms with E-state index in [2.05, 4.69) is 27.8 Å². The summed E-state index contributed by atoms with van der Waals surface area (Å²) in [5.74, 6) is 1.04.